The van der Waals surface area contributed by atoms with E-state index in [0.29, 0.717) is 18.0 Å². The summed E-state index contributed by atoms with van der Waals surface area (Å²) in [6.45, 7) is 4.07. The van der Waals surface area contributed by atoms with E-state index in [1.165, 1.54) is 12.1 Å². The van der Waals surface area contributed by atoms with Gasteiger partial charge >= 0.3 is 5.97 Å². The second kappa shape index (κ2) is 12.0. The normalized spacial score (nSPS) is 17.8. The Morgan fingerprint density at radius 1 is 1.09 bits per heavy atom. The van der Waals surface area contributed by atoms with Crippen molar-refractivity contribution in [3.05, 3.63) is 54.1 Å². The number of hydrogen-bond acceptors (Lipinski definition) is 9. The minimum atomic E-state index is -3.92. The van der Waals surface area contributed by atoms with Crippen LogP contribution in [-0.4, -0.2) is 62.5 Å². The third-order valence-corrected chi connectivity index (χ3v) is 8.08. The molecule has 2 aromatic carbocycles. The summed E-state index contributed by atoms with van der Waals surface area (Å²) in [4.78, 5) is 37.1. The van der Waals surface area contributed by atoms with Crippen LogP contribution < -0.4 is 20.7 Å². The van der Waals surface area contributed by atoms with Crippen LogP contribution in [0.3, 0.4) is 0 Å². The Bertz CT molecular complexity index is 1170. The van der Waals surface area contributed by atoms with Crippen LogP contribution in [0.2, 0.25) is 0 Å². The van der Waals surface area contributed by atoms with Crippen molar-refractivity contribution >= 4 is 45.1 Å². The van der Waals surface area contributed by atoms with Crippen LogP contribution in [-0.2, 0) is 24.2 Å². The maximum absolute atomic E-state index is 12.9. The predicted octanol–water partition coefficient (Wildman–Crippen LogP) is 1.78. The van der Waals surface area contributed by atoms with Gasteiger partial charge in [0.1, 0.15) is 11.2 Å². The van der Waals surface area contributed by atoms with Crippen molar-refractivity contribution in [2.24, 2.45) is 0 Å². The van der Waals surface area contributed by atoms with Gasteiger partial charge in [0.25, 0.3) is 0 Å². The predicted molar refractivity (Wildman–Crippen MR) is 132 cm³/mol. The van der Waals surface area contributed by atoms with Crippen molar-refractivity contribution in [3.63, 3.8) is 0 Å². The quantitative estimate of drug-likeness (QED) is 0.399. The lowest BCUT2D eigenvalue weighted by Gasteiger charge is -2.29. The van der Waals surface area contributed by atoms with E-state index < -0.39 is 38.4 Å². The molecule has 1 heterocycles. The number of sulfone groups is 1. The van der Waals surface area contributed by atoms with Crippen LogP contribution in [0.15, 0.2) is 53.4 Å². The number of ether oxygens (including phenoxy) is 2. The molecule has 2 atom stereocenters. The molecule has 2 unspecified atom stereocenters. The van der Waals surface area contributed by atoms with Crippen molar-refractivity contribution in [3.8, 4) is 5.75 Å². The highest BCUT2D eigenvalue weighted by molar-refractivity contribution is 8.00. The van der Waals surface area contributed by atoms with Gasteiger partial charge in [0.2, 0.25) is 11.8 Å². The lowest BCUT2D eigenvalue weighted by Crippen LogP contribution is -2.59. The minimum absolute atomic E-state index is 0.0219. The number of rotatable bonds is 10. The van der Waals surface area contributed by atoms with Crippen molar-refractivity contribution in [2.45, 2.75) is 29.5 Å². The molecule has 2 amide bonds. The Morgan fingerprint density at radius 3 is 2.46 bits per heavy atom. The zero-order valence-corrected chi connectivity index (χ0v) is 20.9. The molecule has 1 aliphatic heterocycles. The van der Waals surface area contributed by atoms with Crippen molar-refractivity contribution in [1.82, 2.24) is 10.6 Å². The summed E-state index contributed by atoms with van der Waals surface area (Å²) in [6.07, 6.45) is 0. The topological polar surface area (TPSA) is 140 Å². The largest absolute Gasteiger partial charge is 0.494 e. The average molecular weight is 522 g/mol. The van der Waals surface area contributed by atoms with E-state index in [1.807, 2.05) is 6.92 Å². The van der Waals surface area contributed by atoms with Gasteiger partial charge in [-0.15, -0.1) is 11.8 Å². The van der Waals surface area contributed by atoms with Gasteiger partial charge in [-0.05, 0) is 50.2 Å². The molecule has 0 aliphatic carbocycles. The number of thioether (sulfide) groups is 1. The summed E-state index contributed by atoms with van der Waals surface area (Å²) >= 11 is 1.09. The highest BCUT2D eigenvalue weighted by Crippen LogP contribution is 2.23. The van der Waals surface area contributed by atoms with E-state index in [-0.39, 0.29) is 29.4 Å². The van der Waals surface area contributed by atoms with E-state index in [1.54, 1.807) is 43.3 Å². The Balaban J connectivity index is 1.55. The minimum Gasteiger partial charge on any atom is -0.494 e. The zero-order chi connectivity index (χ0) is 25.4. The molecule has 1 saturated heterocycles. The van der Waals surface area contributed by atoms with Crippen LogP contribution in [0.1, 0.15) is 24.2 Å². The Morgan fingerprint density at radius 2 is 1.80 bits per heavy atom. The van der Waals surface area contributed by atoms with Gasteiger partial charge < -0.3 is 20.1 Å². The standard InChI is InChI=1S/C23H27N3O7S2/c1-3-32-15-9-11-16(12-10-15)35(30,31)19-13-24-23(26-21(19)28)34-14-20(27)25-18-8-6-5-7-17(18)22(29)33-4-2/h5-12,19,23-24H,3-4,13-14H2,1-2H3,(H,25,27)(H,26,28). The summed E-state index contributed by atoms with van der Waals surface area (Å²) < 4.78 is 36.2. The van der Waals surface area contributed by atoms with Crippen LogP contribution >= 0.6 is 11.8 Å². The summed E-state index contributed by atoms with van der Waals surface area (Å²) in [5.74, 6) is -1.10. The molecule has 35 heavy (non-hydrogen) atoms. The molecule has 12 heteroatoms. The molecular formula is C23H27N3O7S2. The van der Waals surface area contributed by atoms with E-state index in [0.717, 1.165) is 11.8 Å². The van der Waals surface area contributed by atoms with Crippen LogP contribution in [0, 0.1) is 0 Å². The molecule has 0 radical (unpaired) electrons. The first-order chi connectivity index (χ1) is 16.8. The number of carbonyl (C=O) groups is 3. The Kier molecular flexibility index (Phi) is 9.13. The second-order valence-electron chi connectivity index (χ2n) is 7.36. The number of para-hydroxylation sites is 1. The Hall–Kier alpha value is -3.09. The monoisotopic (exact) mass is 521 g/mol. The third-order valence-electron chi connectivity index (χ3n) is 4.97. The average Bonchev–Trinajstić information content (AvgIpc) is 2.83. The molecule has 1 fully saturated rings. The lowest BCUT2D eigenvalue weighted by atomic mass is 10.2. The second-order valence-corrected chi connectivity index (χ2v) is 10.6. The fraction of sp³-hybridized carbons (Fsp3) is 0.348. The number of nitrogens with one attached hydrogen (secondary N) is 3. The lowest BCUT2D eigenvalue weighted by molar-refractivity contribution is -0.122. The van der Waals surface area contributed by atoms with E-state index in [2.05, 4.69) is 16.0 Å². The van der Waals surface area contributed by atoms with Gasteiger partial charge in [0.05, 0.1) is 35.1 Å². The zero-order valence-electron chi connectivity index (χ0n) is 19.3. The molecule has 0 saturated carbocycles. The molecule has 0 aromatic heterocycles. The van der Waals surface area contributed by atoms with E-state index in [4.69, 9.17) is 9.47 Å². The number of benzene rings is 2. The molecule has 3 rings (SSSR count). The first-order valence-electron chi connectivity index (χ1n) is 10.9. The van der Waals surface area contributed by atoms with Crippen molar-refractivity contribution < 1.29 is 32.3 Å². The number of hydrogen-bond donors (Lipinski definition) is 3. The molecular weight excluding hydrogens is 494 g/mol. The van der Waals surface area contributed by atoms with Crippen molar-refractivity contribution in [1.29, 1.82) is 0 Å². The molecule has 1 aliphatic rings. The van der Waals surface area contributed by atoms with Crippen LogP contribution in [0.4, 0.5) is 5.69 Å². The summed E-state index contributed by atoms with van der Waals surface area (Å²) in [5, 5.41) is 6.90. The third kappa shape index (κ3) is 6.74. The van der Waals surface area contributed by atoms with Gasteiger partial charge in [0.15, 0.2) is 15.1 Å². The number of carbonyl (C=O) groups excluding carboxylic acids is 3. The van der Waals surface area contributed by atoms with Gasteiger partial charge in [-0.1, -0.05) is 12.1 Å². The smallest absolute Gasteiger partial charge is 0.340 e. The maximum Gasteiger partial charge on any atom is 0.340 e. The summed E-state index contributed by atoms with van der Waals surface area (Å²) in [5.41, 5.74) is -0.0989. The fourth-order valence-electron chi connectivity index (χ4n) is 3.31. The van der Waals surface area contributed by atoms with Gasteiger partial charge in [-0.25, -0.2) is 13.2 Å². The highest BCUT2D eigenvalue weighted by Gasteiger charge is 2.38. The molecule has 10 nitrogen and oxygen atoms in total. The van der Waals surface area contributed by atoms with Gasteiger partial charge in [-0.3, -0.25) is 14.9 Å². The fourth-order valence-corrected chi connectivity index (χ4v) is 5.63. The summed E-state index contributed by atoms with van der Waals surface area (Å²) in [7, 11) is -3.92. The van der Waals surface area contributed by atoms with E-state index >= 15 is 0 Å². The molecule has 188 valence electrons. The van der Waals surface area contributed by atoms with E-state index in [9.17, 15) is 22.8 Å². The first-order valence-corrected chi connectivity index (χ1v) is 13.5. The number of amides is 2. The number of esters is 1. The summed E-state index contributed by atoms with van der Waals surface area (Å²) in [6, 6.07) is 12.4. The molecule has 2 aromatic rings. The van der Waals surface area contributed by atoms with Crippen molar-refractivity contribution in [2.75, 3.05) is 30.8 Å². The highest BCUT2D eigenvalue weighted by atomic mass is 32.2. The molecule has 0 bridgehead atoms. The first kappa shape index (κ1) is 26.5. The number of anilines is 1. The van der Waals surface area contributed by atoms with Crippen LogP contribution in [0.25, 0.3) is 0 Å². The Labute approximate surface area is 208 Å². The van der Waals surface area contributed by atoms with Gasteiger partial charge in [-0.2, -0.15) is 0 Å². The molecule has 3 N–H and O–H groups in total. The maximum atomic E-state index is 12.9. The van der Waals surface area contributed by atoms with Crippen LogP contribution in [0.5, 0.6) is 5.75 Å². The van der Waals surface area contributed by atoms with Gasteiger partial charge in [0, 0.05) is 6.54 Å². The molecule has 0 spiro atoms. The SMILES string of the molecule is CCOC(=O)c1ccccc1NC(=O)CSC1NCC(S(=O)(=O)c2ccc(OCC)cc2)C(=O)N1.